The smallest absolute Gasteiger partial charge is 0.270 e. The molecule has 7 heteroatoms. The van der Waals surface area contributed by atoms with Gasteiger partial charge in [-0.1, -0.05) is 0 Å². The predicted molar refractivity (Wildman–Crippen MR) is 74.1 cm³/mol. The molecule has 1 N–H and O–H groups in total. The first-order valence-corrected chi connectivity index (χ1v) is 6.92. The summed E-state index contributed by atoms with van der Waals surface area (Å²) < 4.78 is 10.3. The monoisotopic (exact) mass is 299 g/mol. The van der Waals surface area contributed by atoms with E-state index in [9.17, 15) is 4.79 Å². The molecule has 0 unspecified atom stereocenters. The molecule has 0 saturated heterocycles. The minimum absolute atomic E-state index is 0.00223. The quantitative estimate of drug-likeness (QED) is 0.859. The summed E-state index contributed by atoms with van der Waals surface area (Å²) in [6.07, 6.45) is 4.02. The minimum atomic E-state index is -0.256. The van der Waals surface area contributed by atoms with Crippen LogP contribution in [0.3, 0.4) is 0 Å². The molecule has 0 aliphatic heterocycles. The summed E-state index contributed by atoms with van der Waals surface area (Å²) >= 11 is 5.75. The molecule has 1 aromatic heterocycles. The van der Waals surface area contributed by atoms with Crippen LogP contribution < -0.4 is 10.1 Å². The second-order valence-electron chi connectivity index (χ2n) is 4.75. The third kappa shape index (κ3) is 3.80. The molecule has 1 heterocycles. The highest BCUT2D eigenvalue weighted by Crippen LogP contribution is 2.21. The average molecular weight is 300 g/mol. The van der Waals surface area contributed by atoms with E-state index in [1.807, 2.05) is 0 Å². The Morgan fingerprint density at radius 1 is 1.30 bits per heavy atom. The van der Waals surface area contributed by atoms with Crippen LogP contribution in [0, 0.1) is 0 Å². The van der Waals surface area contributed by atoms with Crippen LogP contribution in [-0.4, -0.2) is 42.2 Å². The molecule has 1 amide bonds. The van der Waals surface area contributed by atoms with E-state index < -0.39 is 0 Å². The fraction of sp³-hybridized carbons (Fsp3) is 0.615. The molecule has 1 aliphatic rings. The van der Waals surface area contributed by atoms with Gasteiger partial charge in [0.1, 0.15) is 5.69 Å². The van der Waals surface area contributed by atoms with Gasteiger partial charge in [-0.15, -0.1) is 0 Å². The Labute approximate surface area is 122 Å². The number of hydrogen-bond acceptors (Lipinski definition) is 5. The lowest BCUT2D eigenvalue weighted by Gasteiger charge is -2.28. The normalized spacial score (nSPS) is 22.4. The van der Waals surface area contributed by atoms with E-state index in [0.29, 0.717) is 6.10 Å². The second-order valence-corrected chi connectivity index (χ2v) is 5.09. The van der Waals surface area contributed by atoms with E-state index in [1.54, 1.807) is 7.11 Å². The molecule has 1 aromatic rings. The molecule has 2 rings (SSSR count). The summed E-state index contributed by atoms with van der Waals surface area (Å²) in [4.78, 5) is 19.9. The average Bonchev–Trinajstić information content (AvgIpc) is 2.47. The maximum Gasteiger partial charge on any atom is 0.270 e. The van der Waals surface area contributed by atoms with Gasteiger partial charge in [0.15, 0.2) is 0 Å². The Morgan fingerprint density at radius 3 is 2.60 bits per heavy atom. The first kappa shape index (κ1) is 15.0. The topological polar surface area (TPSA) is 73.3 Å². The van der Waals surface area contributed by atoms with Crippen molar-refractivity contribution >= 4 is 17.5 Å². The Morgan fingerprint density at radius 2 is 2.00 bits per heavy atom. The first-order valence-electron chi connectivity index (χ1n) is 6.54. The highest BCUT2D eigenvalue weighted by molar-refractivity contribution is 6.28. The lowest BCUT2D eigenvalue weighted by atomic mass is 9.93. The number of ether oxygens (including phenoxy) is 2. The van der Waals surface area contributed by atoms with Gasteiger partial charge in [0.25, 0.3) is 5.91 Å². The van der Waals surface area contributed by atoms with Gasteiger partial charge in [0.2, 0.25) is 11.2 Å². The van der Waals surface area contributed by atoms with Gasteiger partial charge in [0, 0.05) is 19.2 Å². The van der Waals surface area contributed by atoms with E-state index in [2.05, 4.69) is 15.3 Å². The molecule has 0 atom stereocenters. The number of aromatic nitrogens is 2. The molecule has 0 bridgehead atoms. The van der Waals surface area contributed by atoms with Crippen LogP contribution in [-0.2, 0) is 4.74 Å². The van der Waals surface area contributed by atoms with Gasteiger partial charge in [0.05, 0.1) is 13.2 Å². The summed E-state index contributed by atoms with van der Waals surface area (Å²) in [5.74, 6) is 0.0201. The largest absolute Gasteiger partial charge is 0.481 e. The van der Waals surface area contributed by atoms with Crippen LogP contribution in [0.15, 0.2) is 6.07 Å². The van der Waals surface area contributed by atoms with Crippen LogP contribution in [0.1, 0.15) is 36.2 Å². The molecule has 1 aliphatic carbocycles. The van der Waals surface area contributed by atoms with Crippen molar-refractivity contribution in [2.75, 3.05) is 14.2 Å². The Bertz CT molecular complexity index is 476. The summed E-state index contributed by atoms with van der Waals surface area (Å²) in [5, 5.41) is 2.96. The molecule has 0 spiro atoms. The molecule has 20 heavy (non-hydrogen) atoms. The van der Waals surface area contributed by atoms with E-state index in [1.165, 1.54) is 13.2 Å². The van der Waals surface area contributed by atoms with Crippen molar-refractivity contribution in [3.63, 3.8) is 0 Å². The lowest BCUT2D eigenvalue weighted by Crippen LogP contribution is -2.39. The summed E-state index contributed by atoms with van der Waals surface area (Å²) in [6, 6.07) is 1.62. The van der Waals surface area contributed by atoms with Crippen molar-refractivity contribution in [3.05, 3.63) is 17.0 Å². The zero-order valence-electron chi connectivity index (χ0n) is 11.6. The maximum absolute atomic E-state index is 12.1. The van der Waals surface area contributed by atoms with Crippen LogP contribution >= 0.6 is 11.6 Å². The molecule has 110 valence electrons. The molecule has 0 aromatic carbocycles. The van der Waals surface area contributed by atoms with Crippen molar-refractivity contribution in [1.29, 1.82) is 0 Å². The molecular formula is C13H18ClN3O3. The first-order chi connectivity index (χ1) is 9.62. The van der Waals surface area contributed by atoms with E-state index in [-0.39, 0.29) is 28.8 Å². The van der Waals surface area contributed by atoms with Crippen LogP contribution in [0.2, 0.25) is 5.28 Å². The number of carbonyl (C=O) groups is 1. The van der Waals surface area contributed by atoms with Crippen LogP contribution in [0.4, 0.5) is 0 Å². The predicted octanol–water partition coefficient (Wildman–Crippen LogP) is 1.83. The minimum Gasteiger partial charge on any atom is -0.481 e. The molecule has 0 radical (unpaired) electrons. The number of nitrogens with zero attached hydrogens (tertiary/aromatic N) is 2. The van der Waals surface area contributed by atoms with Crippen molar-refractivity contribution in [2.45, 2.75) is 37.8 Å². The second kappa shape index (κ2) is 6.85. The van der Waals surface area contributed by atoms with E-state index in [4.69, 9.17) is 21.1 Å². The highest BCUT2D eigenvalue weighted by Gasteiger charge is 2.23. The summed E-state index contributed by atoms with van der Waals surface area (Å²) in [6.45, 7) is 0. The van der Waals surface area contributed by atoms with Gasteiger partial charge in [-0.2, -0.15) is 4.98 Å². The zero-order chi connectivity index (χ0) is 14.5. The van der Waals surface area contributed by atoms with Crippen molar-refractivity contribution in [1.82, 2.24) is 15.3 Å². The molecule has 1 saturated carbocycles. The number of carbonyl (C=O) groups excluding carboxylic acids is 1. The summed E-state index contributed by atoms with van der Waals surface area (Å²) in [5.41, 5.74) is 0.218. The highest BCUT2D eigenvalue weighted by atomic mass is 35.5. The van der Waals surface area contributed by atoms with Gasteiger partial charge in [-0.25, -0.2) is 4.98 Å². The van der Waals surface area contributed by atoms with Gasteiger partial charge in [-0.3, -0.25) is 4.79 Å². The van der Waals surface area contributed by atoms with E-state index >= 15 is 0 Å². The molecular weight excluding hydrogens is 282 g/mol. The number of halogens is 1. The van der Waals surface area contributed by atoms with Crippen molar-refractivity contribution in [3.8, 4) is 5.88 Å². The Hall–Kier alpha value is -1.40. The van der Waals surface area contributed by atoms with Crippen LogP contribution in [0.5, 0.6) is 5.88 Å². The molecule has 6 nitrogen and oxygen atoms in total. The van der Waals surface area contributed by atoms with Gasteiger partial charge in [-0.05, 0) is 37.3 Å². The third-order valence-electron chi connectivity index (χ3n) is 3.46. The number of amides is 1. The lowest BCUT2D eigenvalue weighted by molar-refractivity contribution is 0.0598. The number of hydrogen-bond donors (Lipinski definition) is 1. The fourth-order valence-electron chi connectivity index (χ4n) is 2.32. The fourth-order valence-corrected chi connectivity index (χ4v) is 2.49. The van der Waals surface area contributed by atoms with E-state index in [0.717, 1.165) is 25.7 Å². The van der Waals surface area contributed by atoms with Crippen LogP contribution in [0.25, 0.3) is 0 Å². The Balaban J connectivity index is 1.97. The van der Waals surface area contributed by atoms with Gasteiger partial charge >= 0.3 is 0 Å². The zero-order valence-corrected chi connectivity index (χ0v) is 12.3. The maximum atomic E-state index is 12.1. The standard InChI is InChI=1S/C13H18ClN3O3/c1-19-9-5-3-8(4-6-9)15-12(18)10-7-11(20-2)17-13(14)16-10/h7-9H,3-6H2,1-2H3,(H,15,18)/t8-,9-. The SMILES string of the molecule is COc1cc(C(=O)N[C@H]2CC[C@H](OC)CC2)nc(Cl)n1. The van der Waals surface area contributed by atoms with Crippen molar-refractivity contribution < 1.29 is 14.3 Å². The van der Waals surface area contributed by atoms with Gasteiger partial charge < -0.3 is 14.8 Å². The summed E-state index contributed by atoms with van der Waals surface area (Å²) in [7, 11) is 3.19. The third-order valence-corrected chi connectivity index (χ3v) is 3.63. The number of nitrogens with one attached hydrogen (secondary N) is 1. The number of methoxy groups -OCH3 is 2. The molecule has 1 fully saturated rings. The number of rotatable bonds is 4. The Kier molecular flexibility index (Phi) is 5.14. The van der Waals surface area contributed by atoms with Crippen molar-refractivity contribution in [2.24, 2.45) is 0 Å².